The lowest BCUT2D eigenvalue weighted by Crippen LogP contribution is -2.07. The average molecular weight is 440 g/mol. The first-order chi connectivity index (χ1) is 15.1. The van der Waals surface area contributed by atoms with Crippen LogP contribution in [-0.2, 0) is 22.6 Å². The fraction of sp³-hybridized carbons (Fsp3) is 0.261. The van der Waals surface area contributed by atoms with E-state index in [1.165, 1.54) is 16.9 Å². The van der Waals surface area contributed by atoms with E-state index in [0.717, 1.165) is 11.1 Å². The topological polar surface area (TPSA) is 82.0 Å². The Bertz CT molecular complexity index is 1050. The molecule has 2 aromatic carbocycles. The fourth-order valence-corrected chi connectivity index (χ4v) is 3.47. The molecule has 0 amide bonds. The zero-order valence-electron chi connectivity index (χ0n) is 17.8. The smallest absolute Gasteiger partial charge is 0.311 e. The minimum absolute atomic E-state index is 0.150. The standard InChI is InChI=1S/C23H25N3O4S/c1-4-29-22(27)12-19-15-31-23(25-19)26-24-13-17-8-9-20(21(11-17)28-3)30-14-18-7-5-6-16(2)10-18/h5-11,13,15H,4,12,14H2,1-3H3,(H,25,26). The molecule has 1 heterocycles. The van der Waals surface area contributed by atoms with Crippen LogP contribution in [0.15, 0.2) is 52.9 Å². The van der Waals surface area contributed by atoms with Crippen LogP contribution in [0.2, 0.25) is 0 Å². The Labute approximate surface area is 185 Å². The first-order valence-electron chi connectivity index (χ1n) is 9.83. The van der Waals surface area contributed by atoms with Crippen LogP contribution < -0.4 is 14.9 Å². The summed E-state index contributed by atoms with van der Waals surface area (Å²) < 4.78 is 16.3. The maximum Gasteiger partial charge on any atom is 0.311 e. The molecule has 31 heavy (non-hydrogen) atoms. The van der Waals surface area contributed by atoms with Gasteiger partial charge >= 0.3 is 5.97 Å². The van der Waals surface area contributed by atoms with Crippen molar-refractivity contribution in [3.8, 4) is 11.5 Å². The molecule has 1 aromatic heterocycles. The van der Waals surface area contributed by atoms with Crippen LogP contribution in [0.25, 0.3) is 0 Å². The average Bonchev–Trinajstić information content (AvgIpc) is 3.19. The van der Waals surface area contributed by atoms with Crippen LogP contribution in [0, 0.1) is 6.92 Å². The third-order valence-electron chi connectivity index (χ3n) is 4.22. The molecule has 0 aliphatic heterocycles. The Morgan fingerprint density at radius 2 is 2.10 bits per heavy atom. The summed E-state index contributed by atoms with van der Waals surface area (Å²) in [4.78, 5) is 15.8. The molecule has 0 saturated heterocycles. The van der Waals surface area contributed by atoms with E-state index >= 15 is 0 Å². The van der Waals surface area contributed by atoms with Crippen molar-refractivity contribution < 1.29 is 19.0 Å². The second-order valence-corrected chi connectivity index (χ2v) is 7.54. The number of rotatable bonds is 10. The van der Waals surface area contributed by atoms with Crippen molar-refractivity contribution in [2.75, 3.05) is 19.1 Å². The highest BCUT2D eigenvalue weighted by Crippen LogP contribution is 2.28. The van der Waals surface area contributed by atoms with Crippen molar-refractivity contribution in [2.45, 2.75) is 26.9 Å². The number of nitrogens with one attached hydrogen (secondary N) is 1. The normalized spacial score (nSPS) is 10.8. The molecule has 0 aliphatic carbocycles. The lowest BCUT2D eigenvalue weighted by atomic mass is 10.1. The van der Waals surface area contributed by atoms with Gasteiger partial charge in [-0.3, -0.25) is 10.2 Å². The van der Waals surface area contributed by atoms with Gasteiger partial charge in [0.2, 0.25) is 5.13 Å². The molecule has 0 unspecified atom stereocenters. The van der Waals surface area contributed by atoms with Crippen molar-refractivity contribution in [3.05, 3.63) is 70.2 Å². The van der Waals surface area contributed by atoms with Crippen molar-refractivity contribution in [1.29, 1.82) is 0 Å². The molecule has 0 spiro atoms. The van der Waals surface area contributed by atoms with Gasteiger partial charge in [-0.05, 0) is 43.2 Å². The van der Waals surface area contributed by atoms with Crippen LogP contribution in [0.1, 0.15) is 29.3 Å². The van der Waals surface area contributed by atoms with Gasteiger partial charge in [0.25, 0.3) is 0 Å². The number of carbonyl (C=O) groups is 1. The molecule has 162 valence electrons. The maximum atomic E-state index is 11.5. The number of hydrazone groups is 1. The number of aromatic nitrogens is 1. The van der Waals surface area contributed by atoms with Gasteiger partial charge in [0.05, 0.1) is 32.0 Å². The first-order valence-corrected chi connectivity index (χ1v) is 10.7. The molecule has 0 bridgehead atoms. The van der Waals surface area contributed by atoms with E-state index in [9.17, 15) is 4.79 Å². The highest BCUT2D eigenvalue weighted by Gasteiger charge is 2.08. The van der Waals surface area contributed by atoms with Gasteiger partial charge in [0.1, 0.15) is 6.61 Å². The SMILES string of the molecule is CCOC(=O)Cc1csc(NN=Cc2ccc(OCc3cccc(C)c3)c(OC)c2)n1. The predicted octanol–water partition coefficient (Wildman–Crippen LogP) is 4.59. The number of hydrogen-bond donors (Lipinski definition) is 1. The Morgan fingerprint density at radius 1 is 1.23 bits per heavy atom. The fourth-order valence-electron chi connectivity index (χ4n) is 2.81. The molecule has 0 aliphatic rings. The number of hydrogen-bond acceptors (Lipinski definition) is 8. The van der Waals surface area contributed by atoms with Crippen LogP contribution in [0.3, 0.4) is 0 Å². The highest BCUT2D eigenvalue weighted by molar-refractivity contribution is 7.13. The molecule has 1 N–H and O–H groups in total. The van der Waals surface area contributed by atoms with Gasteiger partial charge in [0, 0.05) is 5.38 Å². The van der Waals surface area contributed by atoms with Crippen LogP contribution in [-0.4, -0.2) is 30.9 Å². The summed E-state index contributed by atoms with van der Waals surface area (Å²) in [7, 11) is 1.61. The molecule has 0 radical (unpaired) electrons. The lowest BCUT2D eigenvalue weighted by Gasteiger charge is -2.11. The van der Waals surface area contributed by atoms with Crippen LogP contribution in [0.4, 0.5) is 5.13 Å². The summed E-state index contributed by atoms with van der Waals surface area (Å²) >= 11 is 1.37. The second kappa shape index (κ2) is 11.1. The number of carbonyl (C=O) groups excluding carboxylic acids is 1. The van der Waals surface area contributed by atoms with Crippen LogP contribution >= 0.6 is 11.3 Å². The quantitative estimate of drug-likeness (QED) is 0.283. The van der Waals surface area contributed by atoms with E-state index < -0.39 is 0 Å². The molecule has 8 heteroatoms. The van der Waals surface area contributed by atoms with Crippen molar-refractivity contribution in [2.24, 2.45) is 5.10 Å². The number of methoxy groups -OCH3 is 1. The lowest BCUT2D eigenvalue weighted by molar-refractivity contribution is -0.142. The van der Waals surface area contributed by atoms with E-state index in [0.29, 0.717) is 35.5 Å². The van der Waals surface area contributed by atoms with Crippen molar-refractivity contribution in [1.82, 2.24) is 4.98 Å². The van der Waals surface area contributed by atoms with Gasteiger partial charge in [0.15, 0.2) is 11.5 Å². The Morgan fingerprint density at radius 3 is 2.87 bits per heavy atom. The maximum absolute atomic E-state index is 11.5. The zero-order chi connectivity index (χ0) is 22.1. The van der Waals surface area contributed by atoms with Crippen molar-refractivity contribution >= 4 is 28.7 Å². The van der Waals surface area contributed by atoms with Gasteiger partial charge in [-0.25, -0.2) is 4.98 Å². The summed E-state index contributed by atoms with van der Waals surface area (Å²) in [5.74, 6) is 1.000. The second-order valence-electron chi connectivity index (χ2n) is 6.68. The number of anilines is 1. The van der Waals surface area contributed by atoms with E-state index in [1.807, 2.05) is 30.3 Å². The number of nitrogens with zero attached hydrogens (tertiary/aromatic N) is 2. The van der Waals surface area contributed by atoms with E-state index in [4.69, 9.17) is 14.2 Å². The zero-order valence-corrected chi connectivity index (χ0v) is 18.6. The third kappa shape index (κ3) is 6.82. The number of benzene rings is 2. The number of thiazole rings is 1. The molecule has 3 aromatic rings. The van der Waals surface area contributed by atoms with E-state index in [1.54, 1.807) is 25.6 Å². The van der Waals surface area contributed by atoms with Crippen molar-refractivity contribution in [3.63, 3.8) is 0 Å². The molecule has 0 atom stereocenters. The molecule has 7 nitrogen and oxygen atoms in total. The molecule has 0 fully saturated rings. The summed E-state index contributed by atoms with van der Waals surface area (Å²) in [6, 6.07) is 13.8. The van der Waals surface area contributed by atoms with Gasteiger partial charge < -0.3 is 14.2 Å². The molecule has 0 saturated carbocycles. The summed E-state index contributed by atoms with van der Waals surface area (Å²) in [6.07, 6.45) is 1.82. The first kappa shape index (κ1) is 22.3. The Kier molecular flexibility index (Phi) is 8.00. The van der Waals surface area contributed by atoms with Gasteiger partial charge in [-0.15, -0.1) is 11.3 Å². The van der Waals surface area contributed by atoms with Gasteiger partial charge in [-0.2, -0.15) is 5.10 Å². The number of ether oxygens (including phenoxy) is 3. The van der Waals surface area contributed by atoms with E-state index in [-0.39, 0.29) is 12.4 Å². The Hall–Kier alpha value is -3.39. The van der Waals surface area contributed by atoms with Crippen LogP contribution in [0.5, 0.6) is 11.5 Å². The molecule has 3 rings (SSSR count). The Balaban J connectivity index is 1.57. The highest BCUT2D eigenvalue weighted by atomic mass is 32.1. The summed E-state index contributed by atoms with van der Waals surface area (Å²) in [6.45, 7) is 4.65. The molecular formula is C23H25N3O4S. The minimum atomic E-state index is -0.292. The predicted molar refractivity (Wildman–Crippen MR) is 122 cm³/mol. The number of aryl methyl sites for hydroxylation is 1. The third-order valence-corrected chi connectivity index (χ3v) is 5.02. The largest absolute Gasteiger partial charge is 0.493 e. The molecular weight excluding hydrogens is 414 g/mol. The number of esters is 1. The van der Waals surface area contributed by atoms with Gasteiger partial charge in [-0.1, -0.05) is 29.8 Å². The monoisotopic (exact) mass is 439 g/mol. The summed E-state index contributed by atoms with van der Waals surface area (Å²) in [5.41, 5.74) is 6.66. The summed E-state index contributed by atoms with van der Waals surface area (Å²) in [5, 5.41) is 6.61. The minimum Gasteiger partial charge on any atom is -0.493 e. The van der Waals surface area contributed by atoms with E-state index in [2.05, 4.69) is 34.6 Å².